The van der Waals surface area contributed by atoms with Gasteiger partial charge < -0.3 is 19.6 Å². The lowest BCUT2D eigenvalue weighted by molar-refractivity contribution is -0.141. The second kappa shape index (κ2) is 8.57. The number of aromatic nitrogens is 2. The number of carbonyl (C=O) groups is 2. The van der Waals surface area contributed by atoms with E-state index in [1.54, 1.807) is 42.2 Å². The molecule has 1 atom stereocenters. The van der Waals surface area contributed by atoms with Crippen molar-refractivity contribution >= 4 is 22.9 Å². The molecular weight excluding hydrogens is 441 g/mol. The number of piperazine rings is 1. The number of hydrogen-bond acceptors (Lipinski definition) is 5. The molecule has 11 heteroatoms. The fourth-order valence-corrected chi connectivity index (χ4v) is 3.62. The fourth-order valence-electron chi connectivity index (χ4n) is 3.62. The number of ether oxygens (including phenoxy) is 1. The number of nitrogens with zero attached hydrogens (tertiary/aromatic N) is 4. The second-order valence-corrected chi connectivity index (χ2v) is 7.61. The van der Waals surface area contributed by atoms with Crippen molar-refractivity contribution in [1.82, 2.24) is 19.8 Å². The lowest BCUT2D eigenvalue weighted by atomic mass is 10.1. The lowest BCUT2D eigenvalue weighted by Crippen LogP contribution is -2.55. The first-order valence-corrected chi connectivity index (χ1v) is 10.0. The van der Waals surface area contributed by atoms with Gasteiger partial charge in [-0.15, -0.1) is 0 Å². The van der Waals surface area contributed by atoms with Gasteiger partial charge in [0.05, 0.1) is 11.7 Å². The van der Waals surface area contributed by atoms with Gasteiger partial charge in [0.1, 0.15) is 22.9 Å². The van der Waals surface area contributed by atoms with E-state index >= 15 is 0 Å². The van der Waals surface area contributed by atoms with Crippen molar-refractivity contribution in [2.45, 2.75) is 19.1 Å². The van der Waals surface area contributed by atoms with Gasteiger partial charge in [-0.25, -0.2) is 14.8 Å². The van der Waals surface area contributed by atoms with Crippen LogP contribution in [0.2, 0.25) is 0 Å². The van der Waals surface area contributed by atoms with Crippen LogP contribution in [0.25, 0.3) is 10.9 Å². The van der Waals surface area contributed by atoms with E-state index in [1.807, 2.05) is 0 Å². The molecule has 0 radical (unpaired) electrons. The maximum absolute atomic E-state index is 12.9. The van der Waals surface area contributed by atoms with E-state index in [-0.39, 0.29) is 43.0 Å². The van der Waals surface area contributed by atoms with Crippen LogP contribution in [0.1, 0.15) is 23.1 Å². The van der Waals surface area contributed by atoms with Crippen molar-refractivity contribution in [2.24, 2.45) is 0 Å². The zero-order valence-corrected chi connectivity index (χ0v) is 17.4. The van der Waals surface area contributed by atoms with Crippen LogP contribution in [0.15, 0.2) is 48.7 Å². The molecule has 8 nitrogen and oxygen atoms in total. The Morgan fingerprint density at radius 3 is 2.48 bits per heavy atom. The molecule has 4 rings (SSSR count). The van der Waals surface area contributed by atoms with E-state index in [0.717, 1.165) is 12.3 Å². The molecule has 1 aromatic carbocycles. The third kappa shape index (κ3) is 4.81. The Bertz CT molecular complexity index is 1200. The number of carbonyl (C=O) groups excluding carboxylic acids is 1. The highest BCUT2D eigenvalue weighted by Crippen LogP contribution is 2.30. The Kier molecular flexibility index (Phi) is 5.79. The molecule has 0 unspecified atom stereocenters. The van der Waals surface area contributed by atoms with E-state index in [1.165, 1.54) is 11.0 Å². The molecule has 0 spiro atoms. The number of halogens is 3. The van der Waals surface area contributed by atoms with Gasteiger partial charge in [-0.3, -0.25) is 4.79 Å². The molecule has 1 saturated heterocycles. The maximum atomic E-state index is 12.9. The Labute approximate surface area is 186 Å². The number of rotatable bonds is 3. The van der Waals surface area contributed by atoms with Gasteiger partial charge in [0, 0.05) is 31.1 Å². The molecule has 172 valence electrons. The number of fused-ring (bicyclic) bond motifs is 1. The first-order chi connectivity index (χ1) is 15.6. The molecule has 1 fully saturated rings. The average molecular weight is 460 g/mol. The minimum atomic E-state index is -4.52. The van der Waals surface area contributed by atoms with Crippen LogP contribution in [0.4, 0.5) is 18.0 Å². The topological polar surface area (TPSA) is 95.9 Å². The molecule has 1 aliphatic rings. The summed E-state index contributed by atoms with van der Waals surface area (Å²) in [5.41, 5.74) is -0.233. The number of benzene rings is 1. The van der Waals surface area contributed by atoms with Crippen LogP contribution in [0.3, 0.4) is 0 Å². The summed E-state index contributed by atoms with van der Waals surface area (Å²) in [7, 11) is 0. The predicted octanol–water partition coefficient (Wildman–Crippen LogP) is 4.27. The standard InChI is InChI=1S/C22H19F3N4O4/c1-13-12-28(8-9-29(13)21(31)32)20(30)18-5-2-14-10-15(3-6-17(14)27-18)33-16-4-7-19(26-11-16)22(23,24)25/h2-7,10-11,13H,8-9,12H2,1H3,(H,31,32)/t13-/m1/s1. The highest BCUT2D eigenvalue weighted by atomic mass is 19.4. The lowest BCUT2D eigenvalue weighted by Gasteiger charge is -2.38. The fraction of sp³-hybridized carbons (Fsp3) is 0.273. The number of pyridine rings is 2. The van der Waals surface area contributed by atoms with E-state index in [4.69, 9.17) is 4.74 Å². The summed E-state index contributed by atoms with van der Waals surface area (Å²) in [4.78, 5) is 34.7. The highest BCUT2D eigenvalue weighted by Gasteiger charge is 2.32. The van der Waals surface area contributed by atoms with Crippen LogP contribution >= 0.6 is 0 Å². The van der Waals surface area contributed by atoms with E-state index in [0.29, 0.717) is 16.7 Å². The van der Waals surface area contributed by atoms with Gasteiger partial charge >= 0.3 is 12.3 Å². The minimum absolute atomic E-state index is 0.150. The summed E-state index contributed by atoms with van der Waals surface area (Å²) in [6.07, 6.45) is -4.54. The molecule has 1 aliphatic heterocycles. The van der Waals surface area contributed by atoms with E-state index < -0.39 is 18.0 Å². The summed E-state index contributed by atoms with van der Waals surface area (Å²) < 4.78 is 43.5. The van der Waals surface area contributed by atoms with Gasteiger partial charge in [-0.2, -0.15) is 13.2 Å². The van der Waals surface area contributed by atoms with Crippen LogP contribution in [0.5, 0.6) is 11.5 Å². The zero-order valence-electron chi connectivity index (χ0n) is 17.4. The van der Waals surface area contributed by atoms with Crippen molar-refractivity contribution < 1.29 is 32.6 Å². The Morgan fingerprint density at radius 2 is 1.85 bits per heavy atom. The molecular formula is C22H19F3N4O4. The first kappa shape index (κ1) is 22.3. The predicted molar refractivity (Wildman–Crippen MR) is 111 cm³/mol. The zero-order chi connectivity index (χ0) is 23.8. The third-order valence-electron chi connectivity index (χ3n) is 5.30. The van der Waals surface area contributed by atoms with Crippen LogP contribution in [-0.2, 0) is 6.18 Å². The van der Waals surface area contributed by atoms with Gasteiger partial charge in [-0.05, 0) is 43.3 Å². The summed E-state index contributed by atoms with van der Waals surface area (Å²) in [6.45, 7) is 2.53. The smallest absolute Gasteiger partial charge is 0.433 e. The Morgan fingerprint density at radius 1 is 1.09 bits per heavy atom. The molecule has 3 heterocycles. The number of alkyl halides is 3. The summed E-state index contributed by atoms with van der Waals surface area (Å²) in [5, 5.41) is 9.85. The summed E-state index contributed by atoms with van der Waals surface area (Å²) in [5.74, 6) is 0.241. The van der Waals surface area contributed by atoms with Crippen LogP contribution in [-0.4, -0.2) is 62.6 Å². The number of hydrogen-bond donors (Lipinski definition) is 1. The van der Waals surface area contributed by atoms with Gasteiger partial charge in [-0.1, -0.05) is 6.07 Å². The van der Waals surface area contributed by atoms with Gasteiger partial charge in [0.2, 0.25) is 0 Å². The van der Waals surface area contributed by atoms with E-state index in [9.17, 15) is 27.9 Å². The van der Waals surface area contributed by atoms with Crippen LogP contribution in [0, 0.1) is 0 Å². The van der Waals surface area contributed by atoms with Crippen LogP contribution < -0.4 is 4.74 Å². The summed E-state index contributed by atoms with van der Waals surface area (Å²) in [6, 6.07) is 9.87. The monoisotopic (exact) mass is 460 g/mol. The highest BCUT2D eigenvalue weighted by molar-refractivity contribution is 5.95. The quantitative estimate of drug-likeness (QED) is 0.627. The minimum Gasteiger partial charge on any atom is -0.465 e. The normalized spacial score (nSPS) is 16.7. The Hall–Kier alpha value is -3.89. The molecule has 0 saturated carbocycles. The third-order valence-corrected chi connectivity index (χ3v) is 5.30. The van der Waals surface area contributed by atoms with Gasteiger partial charge in [0.15, 0.2) is 0 Å². The molecule has 0 aliphatic carbocycles. The van der Waals surface area contributed by atoms with Crippen molar-refractivity contribution in [3.8, 4) is 11.5 Å². The summed E-state index contributed by atoms with van der Waals surface area (Å²) >= 11 is 0. The largest absolute Gasteiger partial charge is 0.465 e. The molecule has 1 N–H and O–H groups in total. The van der Waals surface area contributed by atoms with Crippen molar-refractivity contribution in [3.05, 3.63) is 60.0 Å². The molecule has 2 amide bonds. The van der Waals surface area contributed by atoms with Crippen molar-refractivity contribution in [3.63, 3.8) is 0 Å². The molecule has 3 aromatic rings. The van der Waals surface area contributed by atoms with Crippen molar-refractivity contribution in [2.75, 3.05) is 19.6 Å². The van der Waals surface area contributed by atoms with Gasteiger partial charge in [0.25, 0.3) is 5.91 Å². The SMILES string of the molecule is C[C@@H]1CN(C(=O)c2ccc3cc(Oc4ccc(C(F)(F)F)nc4)ccc3n2)CCN1C(=O)O. The molecule has 0 bridgehead atoms. The molecule has 2 aromatic heterocycles. The van der Waals surface area contributed by atoms with E-state index in [2.05, 4.69) is 9.97 Å². The van der Waals surface area contributed by atoms with Crippen molar-refractivity contribution in [1.29, 1.82) is 0 Å². The maximum Gasteiger partial charge on any atom is 0.433 e. The Balaban J connectivity index is 1.48. The number of carboxylic acid groups (broad SMARTS) is 1. The number of amides is 2. The average Bonchev–Trinajstić information content (AvgIpc) is 2.77. The molecule has 33 heavy (non-hydrogen) atoms. The first-order valence-electron chi connectivity index (χ1n) is 10.0. The second-order valence-electron chi connectivity index (χ2n) is 7.61.